The van der Waals surface area contributed by atoms with Gasteiger partial charge < -0.3 is 10.2 Å². The molecule has 0 aliphatic heterocycles. The molecule has 0 aromatic heterocycles. The maximum atomic E-state index is 14.0. The van der Waals surface area contributed by atoms with Gasteiger partial charge >= 0.3 is 0 Å². The molecule has 0 bridgehead atoms. The smallest absolute Gasteiger partial charge is 0.276 e. The van der Waals surface area contributed by atoms with Gasteiger partial charge in [-0.05, 0) is 18.6 Å². The van der Waals surface area contributed by atoms with Crippen molar-refractivity contribution in [3.05, 3.63) is 23.8 Å². The van der Waals surface area contributed by atoms with Gasteiger partial charge in [-0.25, -0.2) is 8.78 Å². The van der Waals surface area contributed by atoms with Gasteiger partial charge in [0.2, 0.25) is 0 Å². The van der Waals surface area contributed by atoms with Gasteiger partial charge in [-0.3, -0.25) is 0 Å². The molecule has 0 aliphatic rings. The Morgan fingerprint density at radius 1 is 0.950 bits per heavy atom. The number of aromatic hydroxyl groups is 2. The highest BCUT2D eigenvalue weighted by molar-refractivity contribution is 5.46. The van der Waals surface area contributed by atoms with E-state index < -0.39 is 23.0 Å². The molecule has 0 spiro atoms. The number of hydrogen-bond acceptors (Lipinski definition) is 2. The standard InChI is InChI=1S/C16H24F2O2/c1-2-3-4-5-6-7-8-12-16(17,18)13-10-9-11-14(19)15(13)20/h9-11,19-20H,2-8,12H2,1H3. The van der Waals surface area contributed by atoms with Crippen LogP contribution in [0.4, 0.5) is 8.78 Å². The van der Waals surface area contributed by atoms with Crippen molar-refractivity contribution in [2.45, 2.75) is 64.2 Å². The Bertz CT molecular complexity index is 405. The van der Waals surface area contributed by atoms with Crippen molar-refractivity contribution in [1.29, 1.82) is 0 Å². The minimum Gasteiger partial charge on any atom is -0.504 e. The second kappa shape index (κ2) is 8.08. The van der Waals surface area contributed by atoms with Gasteiger partial charge in [-0.15, -0.1) is 0 Å². The van der Waals surface area contributed by atoms with Crippen molar-refractivity contribution in [3.63, 3.8) is 0 Å². The quantitative estimate of drug-likeness (QED) is 0.476. The van der Waals surface area contributed by atoms with E-state index in [1.807, 2.05) is 0 Å². The highest BCUT2D eigenvalue weighted by Crippen LogP contribution is 2.42. The lowest BCUT2D eigenvalue weighted by Gasteiger charge is -2.18. The normalized spacial score (nSPS) is 11.8. The SMILES string of the molecule is CCCCCCCCCC(F)(F)c1cccc(O)c1O. The fourth-order valence-electron chi connectivity index (χ4n) is 2.27. The summed E-state index contributed by atoms with van der Waals surface area (Å²) >= 11 is 0. The maximum Gasteiger partial charge on any atom is 0.276 e. The van der Waals surface area contributed by atoms with Crippen molar-refractivity contribution in [2.75, 3.05) is 0 Å². The number of unbranched alkanes of at least 4 members (excludes halogenated alkanes) is 6. The van der Waals surface area contributed by atoms with Crippen LogP contribution < -0.4 is 0 Å². The number of phenolic OH excluding ortho intramolecular Hbond substituents is 2. The number of benzene rings is 1. The lowest BCUT2D eigenvalue weighted by atomic mass is 10.00. The zero-order valence-electron chi connectivity index (χ0n) is 12.0. The predicted octanol–water partition coefficient (Wildman–Crippen LogP) is 5.33. The Labute approximate surface area is 119 Å². The monoisotopic (exact) mass is 286 g/mol. The summed E-state index contributed by atoms with van der Waals surface area (Å²) in [6, 6.07) is 3.68. The summed E-state index contributed by atoms with van der Waals surface area (Å²) in [6.07, 6.45) is 6.52. The van der Waals surface area contributed by atoms with E-state index in [4.69, 9.17) is 0 Å². The zero-order chi connectivity index (χ0) is 15.0. The number of alkyl halides is 2. The first-order valence-electron chi connectivity index (χ1n) is 7.38. The Morgan fingerprint density at radius 2 is 1.55 bits per heavy atom. The van der Waals surface area contributed by atoms with E-state index in [1.165, 1.54) is 31.4 Å². The summed E-state index contributed by atoms with van der Waals surface area (Å²) in [7, 11) is 0. The van der Waals surface area contributed by atoms with Gasteiger partial charge in [0.1, 0.15) is 0 Å². The van der Waals surface area contributed by atoms with E-state index in [1.54, 1.807) is 0 Å². The fraction of sp³-hybridized carbons (Fsp3) is 0.625. The van der Waals surface area contributed by atoms with E-state index in [2.05, 4.69) is 6.92 Å². The molecule has 2 N–H and O–H groups in total. The second-order valence-electron chi connectivity index (χ2n) is 5.25. The van der Waals surface area contributed by atoms with Crippen LogP contribution in [-0.4, -0.2) is 10.2 Å². The molecule has 0 fully saturated rings. The summed E-state index contributed by atoms with van der Waals surface area (Å²) in [6.45, 7) is 2.14. The maximum absolute atomic E-state index is 14.0. The Kier molecular flexibility index (Phi) is 6.76. The lowest BCUT2D eigenvalue weighted by molar-refractivity contribution is -0.0180. The van der Waals surface area contributed by atoms with Gasteiger partial charge in [-0.2, -0.15) is 0 Å². The van der Waals surface area contributed by atoms with Crippen LogP contribution in [0.1, 0.15) is 63.9 Å². The van der Waals surface area contributed by atoms with Crippen LogP contribution >= 0.6 is 0 Å². The number of phenols is 2. The van der Waals surface area contributed by atoms with Gasteiger partial charge in [-0.1, -0.05) is 51.5 Å². The molecule has 20 heavy (non-hydrogen) atoms. The first-order chi connectivity index (χ1) is 9.49. The first-order valence-corrected chi connectivity index (χ1v) is 7.38. The Morgan fingerprint density at radius 3 is 2.20 bits per heavy atom. The van der Waals surface area contributed by atoms with E-state index in [0.29, 0.717) is 6.42 Å². The van der Waals surface area contributed by atoms with Crippen molar-refractivity contribution in [1.82, 2.24) is 0 Å². The minimum absolute atomic E-state index is 0.294. The Balaban J connectivity index is 2.40. The topological polar surface area (TPSA) is 40.5 Å². The molecule has 1 aromatic carbocycles. The van der Waals surface area contributed by atoms with Crippen LogP contribution in [0.5, 0.6) is 11.5 Å². The molecule has 0 saturated carbocycles. The lowest BCUT2D eigenvalue weighted by Crippen LogP contribution is -2.13. The highest BCUT2D eigenvalue weighted by atomic mass is 19.3. The van der Waals surface area contributed by atoms with Crippen LogP contribution in [-0.2, 0) is 5.92 Å². The summed E-state index contributed by atoms with van der Waals surface area (Å²) in [5.74, 6) is -4.30. The van der Waals surface area contributed by atoms with Crippen LogP contribution in [0.25, 0.3) is 0 Å². The average Bonchev–Trinajstić information content (AvgIpc) is 2.40. The number of hydrogen-bond donors (Lipinski definition) is 2. The molecule has 0 radical (unpaired) electrons. The van der Waals surface area contributed by atoms with Crippen LogP contribution in [0.2, 0.25) is 0 Å². The van der Waals surface area contributed by atoms with Gasteiger partial charge in [0, 0.05) is 6.42 Å². The molecular weight excluding hydrogens is 262 g/mol. The summed E-state index contributed by atoms with van der Waals surface area (Å²) in [5, 5.41) is 18.8. The van der Waals surface area contributed by atoms with Crippen molar-refractivity contribution in [3.8, 4) is 11.5 Å². The first kappa shape index (κ1) is 16.7. The molecule has 0 atom stereocenters. The van der Waals surface area contributed by atoms with E-state index in [0.717, 1.165) is 25.3 Å². The molecule has 4 heteroatoms. The molecule has 0 aliphatic carbocycles. The average molecular weight is 286 g/mol. The molecule has 0 heterocycles. The summed E-state index contributed by atoms with van der Waals surface area (Å²) < 4.78 is 27.9. The third kappa shape index (κ3) is 4.99. The van der Waals surface area contributed by atoms with E-state index >= 15 is 0 Å². The summed E-state index contributed by atoms with van der Waals surface area (Å²) in [4.78, 5) is 0. The fourth-order valence-corrected chi connectivity index (χ4v) is 2.27. The van der Waals surface area contributed by atoms with Gasteiger partial charge in [0.25, 0.3) is 5.92 Å². The Hall–Kier alpha value is -1.32. The van der Waals surface area contributed by atoms with E-state index in [-0.39, 0.29) is 6.42 Å². The van der Waals surface area contributed by atoms with E-state index in [9.17, 15) is 19.0 Å². The second-order valence-corrected chi connectivity index (χ2v) is 5.25. The molecule has 0 saturated heterocycles. The molecular formula is C16H24F2O2. The molecule has 2 nitrogen and oxygen atoms in total. The number of rotatable bonds is 9. The van der Waals surface area contributed by atoms with Gasteiger partial charge in [0.05, 0.1) is 5.56 Å². The molecule has 0 unspecified atom stereocenters. The number of para-hydroxylation sites is 1. The molecule has 1 aromatic rings. The summed E-state index contributed by atoms with van der Waals surface area (Å²) in [5.41, 5.74) is -0.483. The van der Waals surface area contributed by atoms with Crippen molar-refractivity contribution in [2.24, 2.45) is 0 Å². The van der Waals surface area contributed by atoms with Crippen molar-refractivity contribution >= 4 is 0 Å². The highest BCUT2D eigenvalue weighted by Gasteiger charge is 2.34. The minimum atomic E-state index is -3.09. The molecule has 1 rings (SSSR count). The third-order valence-electron chi connectivity index (χ3n) is 3.50. The molecule has 0 amide bonds. The van der Waals surface area contributed by atoms with Crippen molar-refractivity contribution < 1.29 is 19.0 Å². The third-order valence-corrected chi connectivity index (χ3v) is 3.50. The van der Waals surface area contributed by atoms with Crippen LogP contribution in [0.3, 0.4) is 0 Å². The largest absolute Gasteiger partial charge is 0.504 e. The van der Waals surface area contributed by atoms with Crippen LogP contribution in [0, 0.1) is 0 Å². The zero-order valence-corrected chi connectivity index (χ0v) is 12.0. The molecule has 114 valence electrons. The van der Waals surface area contributed by atoms with Crippen LogP contribution in [0.15, 0.2) is 18.2 Å². The van der Waals surface area contributed by atoms with Gasteiger partial charge in [0.15, 0.2) is 11.5 Å². The predicted molar refractivity (Wildman–Crippen MR) is 76.3 cm³/mol. The number of halogens is 2.